The summed E-state index contributed by atoms with van der Waals surface area (Å²) < 4.78 is 11.1. The maximum absolute atomic E-state index is 11.1. The summed E-state index contributed by atoms with van der Waals surface area (Å²) in [6.45, 7) is 3.94. The summed E-state index contributed by atoms with van der Waals surface area (Å²) in [6, 6.07) is 15.1. The molecular formula is C24H22O4. The zero-order valence-corrected chi connectivity index (χ0v) is 16.3. The van der Waals surface area contributed by atoms with E-state index in [1.54, 1.807) is 26.4 Å². The molecule has 0 atom stereocenters. The van der Waals surface area contributed by atoms with Crippen molar-refractivity contribution in [3.8, 4) is 34.1 Å². The normalized spacial score (nSPS) is 11.1. The predicted octanol–water partition coefficient (Wildman–Crippen LogP) is 5.71. The van der Waals surface area contributed by atoms with Gasteiger partial charge in [-0.25, -0.2) is 0 Å². The number of hydrogen-bond acceptors (Lipinski definition) is 4. The Morgan fingerprint density at radius 2 is 0.964 bits per heavy atom. The fourth-order valence-electron chi connectivity index (χ4n) is 3.73. The van der Waals surface area contributed by atoms with Crippen molar-refractivity contribution in [1.82, 2.24) is 0 Å². The highest BCUT2D eigenvalue weighted by Gasteiger charge is 2.20. The molecule has 0 aliphatic heterocycles. The first-order valence-electron chi connectivity index (χ1n) is 9.05. The molecule has 0 bridgehead atoms. The van der Waals surface area contributed by atoms with E-state index in [1.807, 2.05) is 50.2 Å². The molecule has 0 heterocycles. The van der Waals surface area contributed by atoms with Crippen LogP contribution in [0.1, 0.15) is 11.1 Å². The van der Waals surface area contributed by atoms with Crippen molar-refractivity contribution < 1.29 is 19.7 Å². The molecule has 4 aromatic carbocycles. The van der Waals surface area contributed by atoms with Crippen LogP contribution in [0.2, 0.25) is 0 Å². The highest BCUT2D eigenvalue weighted by atomic mass is 16.5. The maximum atomic E-state index is 11.1. The van der Waals surface area contributed by atoms with Crippen LogP contribution in [0.4, 0.5) is 0 Å². The van der Waals surface area contributed by atoms with E-state index in [0.717, 1.165) is 21.9 Å². The highest BCUT2D eigenvalue weighted by molar-refractivity contribution is 6.04. The number of rotatable bonds is 3. The van der Waals surface area contributed by atoms with Crippen LogP contribution in [0.25, 0.3) is 32.7 Å². The standard InChI is InChI=1S/C24H22O4/c1-13-5-7-15-17(9-13)23(25)19(11-21(15)27-3)20-12-22(28-4)16-8-6-14(2)10-18(16)24(20)26/h5-12,25-26H,1-4H3. The summed E-state index contributed by atoms with van der Waals surface area (Å²) in [4.78, 5) is 0. The van der Waals surface area contributed by atoms with Crippen molar-refractivity contribution >= 4 is 21.5 Å². The largest absolute Gasteiger partial charge is 0.507 e. The van der Waals surface area contributed by atoms with Gasteiger partial charge in [-0.1, -0.05) is 35.4 Å². The molecule has 2 N–H and O–H groups in total. The molecule has 0 saturated carbocycles. The van der Waals surface area contributed by atoms with Gasteiger partial charge in [0.1, 0.15) is 23.0 Å². The number of hydrogen-bond donors (Lipinski definition) is 2. The molecule has 4 rings (SSSR count). The van der Waals surface area contributed by atoms with Gasteiger partial charge in [0.2, 0.25) is 0 Å². The van der Waals surface area contributed by atoms with E-state index in [2.05, 4.69) is 0 Å². The summed E-state index contributed by atoms with van der Waals surface area (Å²) in [5.41, 5.74) is 3.04. The van der Waals surface area contributed by atoms with Crippen LogP contribution in [-0.2, 0) is 0 Å². The Kier molecular flexibility index (Phi) is 4.27. The first kappa shape index (κ1) is 18.0. The molecule has 4 aromatic rings. The molecule has 0 saturated heterocycles. The Hall–Kier alpha value is -3.40. The number of benzene rings is 4. The number of aryl methyl sites for hydroxylation is 2. The smallest absolute Gasteiger partial charge is 0.131 e. The van der Waals surface area contributed by atoms with Gasteiger partial charge in [-0.3, -0.25) is 0 Å². The first-order chi connectivity index (χ1) is 13.4. The number of ether oxygens (including phenoxy) is 2. The van der Waals surface area contributed by atoms with E-state index in [-0.39, 0.29) is 11.5 Å². The van der Waals surface area contributed by atoms with Crippen LogP contribution in [-0.4, -0.2) is 24.4 Å². The van der Waals surface area contributed by atoms with E-state index < -0.39 is 0 Å². The molecule has 0 fully saturated rings. The van der Waals surface area contributed by atoms with Crippen molar-refractivity contribution in [1.29, 1.82) is 0 Å². The molecule has 0 aliphatic rings. The van der Waals surface area contributed by atoms with E-state index in [9.17, 15) is 10.2 Å². The molecule has 0 spiro atoms. The van der Waals surface area contributed by atoms with E-state index in [4.69, 9.17) is 9.47 Å². The maximum Gasteiger partial charge on any atom is 0.131 e. The molecule has 142 valence electrons. The summed E-state index contributed by atoms with van der Waals surface area (Å²) >= 11 is 0. The van der Waals surface area contributed by atoms with Gasteiger partial charge in [-0.2, -0.15) is 0 Å². The highest BCUT2D eigenvalue weighted by Crippen LogP contribution is 2.48. The van der Waals surface area contributed by atoms with Crippen molar-refractivity contribution in [2.75, 3.05) is 14.2 Å². The zero-order valence-electron chi connectivity index (χ0n) is 16.3. The van der Waals surface area contributed by atoms with Gasteiger partial charge in [0.15, 0.2) is 0 Å². The molecule has 28 heavy (non-hydrogen) atoms. The summed E-state index contributed by atoms with van der Waals surface area (Å²) in [5.74, 6) is 1.46. The number of phenolic OH excluding ortho intramolecular Hbond substituents is 2. The van der Waals surface area contributed by atoms with Crippen LogP contribution in [0.5, 0.6) is 23.0 Å². The number of methoxy groups -OCH3 is 2. The fourth-order valence-corrected chi connectivity index (χ4v) is 3.73. The molecule has 0 radical (unpaired) electrons. The first-order valence-corrected chi connectivity index (χ1v) is 9.05. The second-order valence-corrected chi connectivity index (χ2v) is 7.05. The van der Waals surface area contributed by atoms with E-state index >= 15 is 0 Å². The van der Waals surface area contributed by atoms with Crippen LogP contribution < -0.4 is 9.47 Å². The predicted molar refractivity (Wildman–Crippen MR) is 113 cm³/mol. The number of fused-ring (bicyclic) bond motifs is 2. The minimum Gasteiger partial charge on any atom is -0.507 e. The monoisotopic (exact) mass is 374 g/mol. The molecule has 0 aromatic heterocycles. The SMILES string of the molecule is COc1cc(-c2cc(OC)c3ccc(C)cc3c2O)c(O)c2cc(C)ccc12. The van der Waals surface area contributed by atoms with Crippen molar-refractivity contribution in [3.63, 3.8) is 0 Å². The average Bonchev–Trinajstić information content (AvgIpc) is 2.69. The van der Waals surface area contributed by atoms with Gasteiger partial charge < -0.3 is 19.7 Å². The minimum atomic E-state index is 0.101. The van der Waals surface area contributed by atoms with Crippen LogP contribution >= 0.6 is 0 Å². The van der Waals surface area contributed by atoms with E-state index in [1.165, 1.54) is 0 Å². The third kappa shape index (κ3) is 2.69. The van der Waals surface area contributed by atoms with Crippen LogP contribution in [0.3, 0.4) is 0 Å². The molecular weight excluding hydrogens is 352 g/mol. The molecule has 0 unspecified atom stereocenters. The van der Waals surface area contributed by atoms with Gasteiger partial charge in [-0.15, -0.1) is 0 Å². The second kappa shape index (κ2) is 6.64. The third-order valence-corrected chi connectivity index (χ3v) is 5.18. The van der Waals surface area contributed by atoms with Crippen LogP contribution in [0, 0.1) is 13.8 Å². The van der Waals surface area contributed by atoms with Gasteiger partial charge in [0.25, 0.3) is 0 Å². The average molecular weight is 374 g/mol. The Bertz CT molecular complexity index is 1130. The summed E-state index contributed by atoms with van der Waals surface area (Å²) in [6.07, 6.45) is 0. The van der Waals surface area contributed by atoms with Crippen molar-refractivity contribution in [3.05, 3.63) is 59.7 Å². The number of phenols is 2. The second-order valence-electron chi connectivity index (χ2n) is 7.05. The van der Waals surface area contributed by atoms with Crippen LogP contribution in [0.15, 0.2) is 48.5 Å². The van der Waals surface area contributed by atoms with Crippen molar-refractivity contribution in [2.24, 2.45) is 0 Å². The Morgan fingerprint density at radius 3 is 1.32 bits per heavy atom. The van der Waals surface area contributed by atoms with Crippen molar-refractivity contribution in [2.45, 2.75) is 13.8 Å². The molecule has 0 aliphatic carbocycles. The zero-order chi connectivity index (χ0) is 20.0. The third-order valence-electron chi connectivity index (χ3n) is 5.18. The van der Waals surface area contributed by atoms with Gasteiger partial charge >= 0.3 is 0 Å². The fraction of sp³-hybridized carbons (Fsp3) is 0.167. The Labute approximate surface area is 163 Å². The quantitative estimate of drug-likeness (QED) is 0.482. The minimum absolute atomic E-state index is 0.101. The lowest BCUT2D eigenvalue weighted by Crippen LogP contribution is -1.92. The lowest BCUT2D eigenvalue weighted by Gasteiger charge is -2.17. The van der Waals surface area contributed by atoms with Gasteiger partial charge in [0.05, 0.1) is 14.2 Å². The number of aromatic hydroxyl groups is 2. The topological polar surface area (TPSA) is 58.9 Å². The van der Waals surface area contributed by atoms with E-state index in [0.29, 0.717) is 33.4 Å². The Balaban J connectivity index is 2.12. The Morgan fingerprint density at radius 1 is 0.571 bits per heavy atom. The summed E-state index contributed by atoms with van der Waals surface area (Å²) in [5, 5.41) is 25.1. The lowest BCUT2D eigenvalue weighted by molar-refractivity contribution is 0.417. The van der Waals surface area contributed by atoms with Gasteiger partial charge in [0, 0.05) is 32.7 Å². The lowest BCUT2D eigenvalue weighted by atomic mass is 9.94. The molecule has 0 amide bonds. The summed E-state index contributed by atoms with van der Waals surface area (Å²) in [7, 11) is 3.19. The molecule has 4 nitrogen and oxygen atoms in total. The molecule has 4 heteroatoms. The van der Waals surface area contributed by atoms with Gasteiger partial charge in [-0.05, 0) is 38.1 Å².